The van der Waals surface area contributed by atoms with Crippen LogP contribution in [0.5, 0.6) is 0 Å². The van der Waals surface area contributed by atoms with Crippen LogP contribution in [0.1, 0.15) is 40.0 Å². The molecule has 4 atom stereocenters. The number of nitrogens with one attached hydrogen (secondary N) is 1. The Morgan fingerprint density at radius 3 is 2.58 bits per heavy atom. The first-order valence-corrected chi connectivity index (χ1v) is 7.85. The minimum absolute atomic E-state index is 0.275. The van der Waals surface area contributed by atoms with E-state index < -0.39 is 0 Å². The minimum atomic E-state index is 0.275. The van der Waals surface area contributed by atoms with Gasteiger partial charge in [-0.05, 0) is 51.4 Å². The first kappa shape index (κ1) is 14.6. The molecule has 0 aromatic rings. The van der Waals surface area contributed by atoms with Crippen molar-refractivity contribution < 1.29 is 4.79 Å². The van der Waals surface area contributed by atoms with Gasteiger partial charge < -0.3 is 10.2 Å². The second kappa shape index (κ2) is 6.56. The molecular weight excluding hydrogens is 236 g/mol. The highest BCUT2D eigenvalue weighted by Crippen LogP contribution is 2.44. The summed E-state index contributed by atoms with van der Waals surface area (Å²) in [6, 6.07) is 0.532. The lowest BCUT2D eigenvalue weighted by Crippen LogP contribution is -2.39. The van der Waals surface area contributed by atoms with Crippen molar-refractivity contribution in [2.45, 2.75) is 46.1 Å². The molecule has 1 amide bonds. The average Bonchev–Trinajstić information content (AvgIpc) is 3.02. The largest absolute Gasteiger partial charge is 0.343 e. The van der Waals surface area contributed by atoms with Gasteiger partial charge in [0.15, 0.2) is 0 Å². The molecule has 0 aromatic carbocycles. The van der Waals surface area contributed by atoms with Crippen LogP contribution >= 0.6 is 0 Å². The van der Waals surface area contributed by atoms with Gasteiger partial charge in [-0.25, -0.2) is 0 Å². The molecule has 0 aliphatic heterocycles. The summed E-state index contributed by atoms with van der Waals surface area (Å²) in [7, 11) is 0. The molecule has 19 heavy (non-hydrogen) atoms. The SMILES string of the molecule is CCN(CC)C(=O)CCNC(C)C1CC2C=CC1C2. The van der Waals surface area contributed by atoms with Crippen LogP contribution in [0.25, 0.3) is 0 Å². The van der Waals surface area contributed by atoms with Crippen molar-refractivity contribution in [1.29, 1.82) is 0 Å². The molecule has 0 spiro atoms. The van der Waals surface area contributed by atoms with Crippen LogP contribution in [-0.4, -0.2) is 36.5 Å². The molecule has 2 rings (SSSR count). The number of nitrogens with zero attached hydrogens (tertiary/aromatic N) is 1. The average molecular weight is 264 g/mol. The molecule has 2 bridgehead atoms. The zero-order chi connectivity index (χ0) is 13.8. The molecule has 0 saturated heterocycles. The monoisotopic (exact) mass is 264 g/mol. The summed E-state index contributed by atoms with van der Waals surface area (Å²) in [6.45, 7) is 8.82. The van der Waals surface area contributed by atoms with Gasteiger partial charge in [0.2, 0.25) is 5.91 Å². The van der Waals surface area contributed by atoms with Gasteiger partial charge in [-0.1, -0.05) is 12.2 Å². The number of hydrogen-bond acceptors (Lipinski definition) is 2. The van der Waals surface area contributed by atoms with E-state index in [2.05, 4.69) is 24.4 Å². The highest BCUT2D eigenvalue weighted by molar-refractivity contribution is 5.76. The quantitative estimate of drug-likeness (QED) is 0.716. The molecule has 1 N–H and O–H groups in total. The van der Waals surface area contributed by atoms with Crippen LogP contribution in [0.2, 0.25) is 0 Å². The molecule has 2 aliphatic rings. The van der Waals surface area contributed by atoms with Gasteiger partial charge in [0.1, 0.15) is 0 Å². The molecule has 0 radical (unpaired) electrons. The van der Waals surface area contributed by atoms with Gasteiger partial charge in [-0.2, -0.15) is 0 Å². The van der Waals surface area contributed by atoms with Crippen molar-refractivity contribution in [2.24, 2.45) is 17.8 Å². The first-order valence-electron chi connectivity index (χ1n) is 7.85. The zero-order valence-corrected chi connectivity index (χ0v) is 12.6. The third-order valence-corrected chi connectivity index (χ3v) is 4.89. The van der Waals surface area contributed by atoms with E-state index in [0.717, 1.165) is 37.4 Å². The topological polar surface area (TPSA) is 32.3 Å². The van der Waals surface area contributed by atoms with Crippen LogP contribution < -0.4 is 5.32 Å². The molecule has 0 heterocycles. The fourth-order valence-electron chi connectivity index (χ4n) is 3.69. The van der Waals surface area contributed by atoms with E-state index in [9.17, 15) is 4.79 Å². The van der Waals surface area contributed by atoms with Gasteiger partial charge in [0.25, 0.3) is 0 Å². The second-order valence-electron chi connectivity index (χ2n) is 6.00. The van der Waals surface area contributed by atoms with Crippen molar-refractivity contribution in [3.8, 4) is 0 Å². The summed E-state index contributed by atoms with van der Waals surface area (Å²) in [4.78, 5) is 13.8. The van der Waals surface area contributed by atoms with E-state index in [1.807, 2.05) is 18.7 Å². The third kappa shape index (κ3) is 3.38. The van der Waals surface area contributed by atoms with Crippen molar-refractivity contribution in [3.05, 3.63) is 12.2 Å². The lowest BCUT2D eigenvalue weighted by molar-refractivity contribution is -0.130. The lowest BCUT2D eigenvalue weighted by atomic mass is 9.87. The van der Waals surface area contributed by atoms with Crippen molar-refractivity contribution in [1.82, 2.24) is 10.2 Å². The number of carbonyl (C=O) groups is 1. The zero-order valence-electron chi connectivity index (χ0n) is 12.6. The summed E-state index contributed by atoms with van der Waals surface area (Å²) in [5.41, 5.74) is 0. The van der Waals surface area contributed by atoms with Gasteiger partial charge in [-0.3, -0.25) is 4.79 Å². The number of hydrogen-bond donors (Lipinski definition) is 1. The molecule has 3 heteroatoms. The molecule has 4 unspecified atom stereocenters. The van der Waals surface area contributed by atoms with Gasteiger partial charge in [-0.15, -0.1) is 0 Å². The van der Waals surface area contributed by atoms with Crippen molar-refractivity contribution in [3.63, 3.8) is 0 Å². The Morgan fingerprint density at radius 1 is 1.32 bits per heavy atom. The van der Waals surface area contributed by atoms with Crippen molar-refractivity contribution in [2.75, 3.05) is 19.6 Å². The number of rotatable bonds is 7. The highest BCUT2D eigenvalue weighted by Gasteiger charge is 2.38. The van der Waals surface area contributed by atoms with Crippen LogP contribution in [0.3, 0.4) is 0 Å². The molecule has 3 nitrogen and oxygen atoms in total. The van der Waals surface area contributed by atoms with Crippen LogP contribution in [0.15, 0.2) is 12.2 Å². The summed E-state index contributed by atoms with van der Waals surface area (Å²) in [5, 5.41) is 3.56. The Bertz CT molecular complexity index is 336. The maximum absolute atomic E-state index is 11.9. The number of carbonyl (C=O) groups excluding carboxylic acids is 1. The fraction of sp³-hybridized carbons (Fsp3) is 0.812. The number of fused-ring (bicyclic) bond motifs is 2. The van der Waals surface area contributed by atoms with E-state index in [-0.39, 0.29) is 5.91 Å². The Balaban J connectivity index is 1.68. The number of allylic oxidation sites excluding steroid dienone is 2. The van der Waals surface area contributed by atoms with E-state index >= 15 is 0 Å². The highest BCUT2D eigenvalue weighted by atomic mass is 16.2. The van der Waals surface area contributed by atoms with Crippen LogP contribution in [0.4, 0.5) is 0 Å². The molecule has 2 aliphatic carbocycles. The van der Waals surface area contributed by atoms with Gasteiger partial charge >= 0.3 is 0 Å². The maximum Gasteiger partial charge on any atom is 0.223 e. The van der Waals surface area contributed by atoms with E-state index in [1.54, 1.807) is 0 Å². The molecule has 1 saturated carbocycles. The third-order valence-electron chi connectivity index (χ3n) is 4.89. The minimum Gasteiger partial charge on any atom is -0.343 e. The van der Waals surface area contributed by atoms with Crippen LogP contribution in [-0.2, 0) is 4.79 Å². The summed E-state index contributed by atoms with van der Waals surface area (Å²) >= 11 is 0. The van der Waals surface area contributed by atoms with Crippen LogP contribution in [0, 0.1) is 17.8 Å². The Labute approximate surface area is 117 Å². The molecule has 1 fully saturated rings. The fourth-order valence-corrected chi connectivity index (χ4v) is 3.69. The number of amides is 1. The van der Waals surface area contributed by atoms with E-state index in [4.69, 9.17) is 0 Å². The van der Waals surface area contributed by atoms with Gasteiger partial charge in [0.05, 0.1) is 0 Å². The molecule has 0 aromatic heterocycles. The van der Waals surface area contributed by atoms with Crippen molar-refractivity contribution >= 4 is 5.91 Å². The predicted octanol–water partition coefficient (Wildman–Crippen LogP) is 2.44. The first-order chi connectivity index (χ1) is 9.15. The van der Waals surface area contributed by atoms with Gasteiger partial charge in [0, 0.05) is 32.1 Å². The Hall–Kier alpha value is -0.830. The smallest absolute Gasteiger partial charge is 0.223 e. The summed E-state index contributed by atoms with van der Waals surface area (Å²) < 4.78 is 0. The predicted molar refractivity (Wildman–Crippen MR) is 78.9 cm³/mol. The second-order valence-corrected chi connectivity index (χ2v) is 6.00. The van der Waals surface area contributed by atoms with E-state index in [1.165, 1.54) is 12.8 Å². The normalized spacial score (nSPS) is 29.7. The lowest BCUT2D eigenvalue weighted by Gasteiger charge is -2.26. The van der Waals surface area contributed by atoms with E-state index in [0.29, 0.717) is 12.5 Å². The maximum atomic E-state index is 11.9. The molecule has 108 valence electrons. The Morgan fingerprint density at radius 2 is 2.05 bits per heavy atom. The Kier molecular flexibility index (Phi) is 5.03. The summed E-state index contributed by atoms with van der Waals surface area (Å²) in [5.74, 6) is 2.67. The molecular formula is C16H28N2O. The summed E-state index contributed by atoms with van der Waals surface area (Å²) in [6.07, 6.45) is 8.10. The standard InChI is InChI=1S/C16H28N2O/c1-4-18(5-2)16(19)8-9-17-12(3)15-11-13-6-7-14(15)10-13/h6-7,12-15,17H,4-5,8-11H2,1-3H3.